The van der Waals surface area contributed by atoms with E-state index in [4.69, 9.17) is 4.99 Å². The molecule has 0 saturated heterocycles. The molecule has 1 aliphatic heterocycles. The van der Waals surface area contributed by atoms with Gasteiger partial charge in [-0.05, 0) is 29.7 Å². The van der Waals surface area contributed by atoms with Gasteiger partial charge in [0.2, 0.25) is 0 Å². The van der Waals surface area contributed by atoms with Crippen LogP contribution >= 0.6 is 0 Å². The first-order chi connectivity index (χ1) is 12.3. The number of aliphatic imine (C=N–C) groups is 1. The fourth-order valence-electron chi connectivity index (χ4n) is 3.38. The minimum atomic E-state index is 0.174. The van der Waals surface area contributed by atoms with Gasteiger partial charge in [0.05, 0.1) is 11.4 Å². The van der Waals surface area contributed by atoms with Crippen molar-refractivity contribution < 1.29 is 0 Å². The van der Waals surface area contributed by atoms with Crippen molar-refractivity contribution >= 4 is 11.4 Å². The molecule has 3 aromatic rings. The summed E-state index contributed by atoms with van der Waals surface area (Å²) in [6.45, 7) is 3.04. The van der Waals surface area contributed by atoms with Crippen molar-refractivity contribution in [2.75, 3.05) is 0 Å². The molecule has 0 radical (unpaired) electrons. The minimum Gasteiger partial charge on any atom is -0.305 e. The van der Waals surface area contributed by atoms with E-state index in [1.165, 1.54) is 22.3 Å². The highest BCUT2D eigenvalue weighted by atomic mass is 14.9. The average molecular weight is 326 g/mol. The Morgan fingerprint density at radius 3 is 2.36 bits per heavy atom. The summed E-state index contributed by atoms with van der Waals surface area (Å²) in [5, 5.41) is 3.64. The molecule has 0 amide bonds. The Kier molecular flexibility index (Phi) is 4.45. The first kappa shape index (κ1) is 15.8. The average Bonchev–Trinajstić information content (AvgIpc) is 2.83. The highest BCUT2D eigenvalue weighted by Crippen LogP contribution is 2.29. The molecule has 2 heteroatoms. The summed E-state index contributed by atoms with van der Waals surface area (Å²) in [4.78, 5) is 5.05. The third kappa shape index (κ3) is 3.40. The first-order valence-electron chi connectivity index (χ1n) is 8.83. The molecule has 0 aliphatic carbocycles. The lowest BCUT2D eigenvalue weighted by Gasteiger charge is -2.18. The summed E-state index contributed by atoms with van der Waals surface area (Å²) in [6, 6.07) is 27.8. The predicted octanol–water partition coefficient (Wildman–Crippen LogP) is 4.89. The number of benzene rings is 3. The molecule has 2 nitrogen and oxygen atoms in total. The number of para-hydroxylation sites is 1. The summed E-state index contributed by atoms with van der Waals surface area (Å²) in [5.74, 6) is 0. The molecule has 1 atom stereocenters. The van der Waals surface area contributed by atoms with Crippen LogP contribution < -0.4 is 5.32 Å². The van der Waals surface area contributed by atoms with Crippen molar-refractivity contribution in [3.8, 4) is 0 Å². The van der Waals surface area contributed by atoms with Crippen molar-refractivity contribution in [3.63, 3.8) is 0 Å². The fraction of sp³-hybridized carbons (Fsp3) is 0.174. The van der Waals surface area contributed by atoms with Crippen LogP contribution in [-0.4, -0.2) is 11.8 Å². The molecule has 1 N–H and O–H groups in total. The van der Waals surface area contributed by atoms with Gasteiger partial charge in [-0.1, -0.05) is 72.8 Å². The van der Waals surface area contributed by atoms with Crippen LogP contribution in [0.1, 0.15) is 29.2 Å². The van der Waals surface area contributed by atoms with Crippen LogP contribution in [0.5, 0.6) is 0 Å². The molecule has 1 heterocycles. The lowest BCUT2D eigenvalue weighted by atomic mass is 9.95. The Morgan fingerprint density at radius 1 is 0.840 bits per heavy atom. The van der Waals surface area contributed by atoms with Crippen molar-refractivity contribution in [1.82, 2.24) is 5.32 Å². The van der Waals surface area contributed by atoms with Gasteiger partial charge in [0.1, 0.15) is 0 Å². The highest BCUT2D eigenvalue weighted by molar-refractivity contribution is 6.07. The van der Waals surface area contributed by atoms with Crippen LogP contribution in [0.2, 0.25) is 0 Å². The third-order valence-corrected chi connectivity index (χ3v) is 4.77. The first-order valence-corrected chi connectivity index (χ1v) is 8.83. The van der Waals surface area contributed by atoms with E-state index in [1.807, 2.05) is 0 Å². The number of hydrogen-bond donors (Lipinski definition) is 1. The second kappa shape index (κ2) is 7.04. The SMILES string of the molecule is CC(NCc1ccccc1)C1=Nc2ccccc2Cc2ccccc21. The molecule has 0 bridgehead atoms. The minimum absolute atomic E-state index is 0.174. The van der Waals surface area contributed by atoms with Crippen LogP contribution in [0.25, 0.3) is 0 Å². The summed E-state index contributed by atoms with van der Waals surface area (Å²) in [6.07, 6.45) is 0.935. The summed E-state index contributed by atoms with van der Waals surface area (Å²) in [5.41, 5.74) is 7.39. The molecule has 1 unspecified atom stereocenters. The molecule has 25 heavy (non-hydrogen) atoms. The second-order valence-corrected chi connectivity index (χ2v) is 6.55. The maximum atomic E-state index is 5.05. The summed E-state index contributed by atoms with van der Waals surface area (Å²) >= 11 is 0. The Hall–Kier alpha value is -2.71. The van der Waals surface area contributed by atoms with E-state index in [2.05, 4.69) is 91.1 Å². The maximum absolute atomic E-state index is 5.05. The van der Waals surface area contributed by atoms with Crippen molar-refractivity contribution in [1.29, 1.82) is 0 Å². The maximum Gasteiger partial charge on any atom is 0.0669 e. The molecule has 0 aromatic heterocycles. The number of hydrogen-bond acceptors (Lipinski definition) is 2. The van der Waals surface area contributed by atoms with E-state index < -0.39 is 0 Å². The van der Waals surface area contributed by atoms with Gasteiger partial charge in [-0.15, -0.1) is 0 Å². The highest BCUT2D eigenvalue weighted by Gasteiger charge is 2.20. The third-order valence-electron chi connectivity index (χ3n) is 4.77. The largest absolute Gasteiger partial charge is 0.305 e. The van der Waals surface area contributed by atoms with Crippen molar-refractivity contribution in [2.24, 2.45) is 4.99 Å². The number of rotatable bonds is 4. The van der Waals surface area contributed by atoms with Gasteiger partial charge in [-0.2, -0.15) is 0 Å². The zero-order valence-corrected chi connectivity index (χ0v) is 14.4. The lowest BCUT2D eigenvalue weighted by molar-refractivity contribution is 0.658. The van der Waals surface area contributed by atoms with Crippen LogP contribution in [0.15, 0.2) is 83.9 Å². The van der Waals surface area contributed by atoms with Gasteiger partial charge in [0.15, 0.2) is 0 Å². The molecule has 0 saturated carbocycles. The fourth-order valence-corrected chi connectivity index (χ4v) is 3.38. The van der Waals surface area contributed by atoms with Crippen molar-refractivity contribution in [3.05, 3.63) is 101 Å². The smallest absolute Gasteiger partial charge is 0.0669 e. The molecule has 3 aromatic carbocycles. The monoisotopic (exact) mass is 326 g/mol. The predicted molar refractivity (Wildman–Crippen MR) is 105 cm³/mol. The molecule has 0 spiro atoms. The van der Waals surface area contributed by atoms with Gasteiger partial charge in [0.25, 0.3) is 0 Å². The summed E-state index contributed by atoms with van der Waals surface area (Å²) in [7, 11) is 0. The van der Waals surface area contributed by atoms with Crippen LogP contribution in [0, 0.1) is 0 Å². The second-order valence-electron chi connectivity index (χ2n) is 6.55. The van der Waals surface area contributed by atoms with Gasteiger partial charge in [-0.3, -0.25) is 4.99 Å². The lowest BCUT2D eigenvalue weighted by Crippen LogP contribution is -2.34. The summed E-state index contributed by atoms with van der Waals surface area (Å²) < 4.78 is 0. The molecule has 124 valence electrons. The van der Waals surface area contributed by atoms with Gasteiger partial charge in [0, 0.05) is 24.6 Å². The van der Waals surface area contributed by atoms with Crippen molar-refractivity contribution in [2.45, 2.75) is 25.9 Å². The van der Waals surface area contributed by atoms with Crippen LogP contribution in [0.4, 0.5) is 5.69 Å². The van der Waals surface area contributed by atoms with E-state index in [9.17, 15) is 0 Å². The van der Waals surface area contributed by atoms with Crippen LogP contribution in [-0.2, 0) is 13.0 Å². The Balaban J connectivity index is 1.67. The quantitative estimate of drug-likeness (QED) is 0.725. The number of nitrogens with zero attached hydrogens (tertiary/aromatic N) is 1. The Morgan fingerprint density at radius 2 is 1.52 bits per heavy atom. The Labute approximate surface area is 149 Å². The normalized spacial score (nSPS) is 14.0. The van der Waals surface area contributed by atoms with Crippen LogP contribution in [0.3, 0.4) is 0 Å². The van der Waals surface area contributed by atoms with E-state index in [0.717, 1.165) is 24.4 Å². The molecule has 1 aliphatic rings. The number of fused-ring (bicyclic) bond motifs is 2. The van der Waals surface area contributed by atoms with E-state index in [0.29, 0.717) is 0 Å². The van der Waals surface area contributed by atoms with Gasteiger partial charge >= 0.3 is 0 Å². The standard InChI is InChI=1S/C23H22N2/c1-17(24-16-18-9-3-2-4-10-18)23-21-13-7-5-11-19(21)15-20-12-6-8-14-22(20)25-23/h2-14,17,24H,15-16H2,1H3. The Bertz CT molecular complexity index is 897. The molecular formula is C23H22N2. The van der Waals surface area contributed by atoms with Gasteiger partial charge in [-0.25, -0.2) is 0 Å². The number of nitrogens with one attached hydrogen (secondary N) is 1. The molecule has 0 fully saturated rings. The van der Waals surface area contributed by atoms with Gasteiger partial charge < -0.3 is 5.32 Å². The van der Waals surface area contributed by atoms with E-state index >= 15 is 0 Å². The van der Waals surface area contributed by atoms with E-state index in [1.54, 1.807) is 0 Å². The van der Waals surface area contributed by atoms with E-state index in [-0.39, 0.29) is 6.04 Å². The molecular weight excluding hydrogens is 304 g/mol. The topological polar surface area (TPSA) is 24.4 Å². The zero-order valence-electron chi connectivity index (χ0n) is 14.4. The molecule has 4 rings (SSSR count). The zero-order chi connectivity index (χ0) is 17.1.